The largest absolute Gasteiger partial charge is 0.336 e. The van der Waals surface area contributed by atoms with Crippen LogP contribution in [0.2, 0.25) is 5.02 Å². The number of nitrogens with one attached hydrogen (secondary N) is 1. The summed E-state index contributed by atoms with van der Waals surface area (Å²) < 4.78 is 14.8. The van der Waals surface area contributed by atoms with Gasteiger partial charge in [0.1, 0.15) is 5.82 Å². The molecule has 5 rings (SSSR count). The zero-order chi connectivity index (χ0) is 21.0. The number of benzene rings is 1. The van der Waals surface area contributed by atoms with Crippen molar-refractivity contribution >= 4 is 34.7 Å². The van der Waals surface area contributed by atoms with Gasteiger partial charge in [-0.1, -0.05) is 11.6 Å². The smallest absolute Gasteiger partial charge is 0.276 e. The summed E-state index contributed by atoms with van der Waals surface area (Å²) in [5, 5.41) is 2.76. The van der Waals surface area contributed by atoms with E-state index < -0.39 is 11.7 Å². The van der Waals surface area contributed by atoms with E-state index in [0.717, 1.165) is 0 Å². The van der Waals surface area contributed by atoms with E-state index in [-0.39, 0.29) is 41.9 Å². The third-order valence-electron chi connectivity index (χ3n) is 5.70. The van der Waals surface area contributed by atoms with Gasteiger partial charge in [0.25, 0.3) is 5.56 Å². The zero-order valence-corrected chi connectivity index (χ0v) is 16.5. The van der Waals surface area contributed by atoms with Gasteiger partial charge < -0.3 is 9.80 Å². The van der Waals surface area contributed by atoms with Gasteiger partial charge in [0.15, 0.2) is 5.65 Å². The van der Waals surface area contributed by atoms with Gasteiger partial charge >= 0.3 is 0 Å². The minimum Gasteiger partial charge on any atom is -0.336 e. The summed E-state index contributed by atoms with van der Waals surface area (Å²) in [6, 6.07) is 5.76. The number of aromatic nitrogens is 3. The molecular formula is C20H17ClFN5O3. The molecule has 1 unspecified atom stereocenters. The van der Waals surface area contributed by atoms with Gasteiger partial charge in [0, 0.05) is 43.0 Å². The Kier molecular flexibility index (Phi) is 4.35. The number of hydrogen-bond donors (Lipinski definition) is 1. The molecule has 0 saturated carbocycles. The SMILES string of the molecule is O=C(C1CC(=O)N(c2ccc(F)c(Cl)c2)C1)N1CCc2c(nc3cc[nH]n3c2=O)C1. The van der Waals surface area contributed by atoms with Crippen molar-refractivity contribution in [2.75, 3.05) is 18.0 Å². The van der Waals surface area contributed by atoms with Crippen LogP contribution in [0.25, 0.3) is 5.65 Å². The van der Waals surface area contributed by atoms with Crippen LogP contribution in [0.1, 0.15) is 17.7 Å². The molecule has 0 spiro atoms. The Hall–Kier alpha value is -3.20. The topological polar surface area (TPSA) is 90.8 Å². The van der Waals surface area contributed by atoms with Crippen LogP contribution in [0.4, 0.5) is 10.1 Å². The van der Waals surface area contributed by atoms with Gasteiger partial charge in [-0.25, -0.2) is 13.9 Å². The third kappa shape index (κ3) is 2.97. The van der Waals surface area contributed by atoms with Gasteiger partial charge in [0.05, 0.1) is 23.2 Å². The number of hydrogen-bond acceptors (Lipinski definition) is 4. The number of rotatable bonds is 2. The third-order valence-corrected chi connectivity index (χ3v) is 5.99. The predicted octanol–water partition coefficient (Wildman–Crippen LogP) is 1.75. The molecule has 1 aromatic carbocycles. The Morgan fingerprint density at radius 1 is 1.27 bits per heavy atom. The van der Waals surface area contributed by atoms with Crippen molar-refractivity contribution in [3.05, 3.63) is 62.9 Å². The van der Waals surface area contributed by atoms with E-state index in [1.807, 2.05) is 0 Å². The number of amides is 2. The van der Waals surface area contributed by atoms with E-state index in [1.165, 1.54) is 27.6 Å². The van der Waals surface area contributed by atoms with Crippen LogP contribution >= 0.6 is 11.6 Å². The van der Waals surface area contributed by atoms with E-state index in [4.69, 9.17) is 11.6 Å². The van der Waals surface area contributed by atoms with Gasteiger partial charge in [-0.05, 0) is 24.6 Å². The summed E-state index contributed by atoms with van der Waals surface area (Å²) in [7, 11) is 0. The molecule has 0 radical (unpaired) electrons. The molecule has 1 saturated heterocycles. The molecule has 8 nitrogen and oxygen atoms in total. The molecule has 1 N–H and O–H groups in total. The lowest BCUT2D eigenvalue weighted by Crippen LogP contribution is -2.43. The van der Waals surface area contributed by atoms with Crippen molar-refractivity contribution in [3.8, 4) is 0 Å². The number of carbonyl (C=O) groups is 2. The summed E-state index contributed by atoms with van der Waals surface area (Å²) in [4.78, 5) is 45.8. The molecule has 2 aliphatic rings. The molecule has 10 heteroatoms. The highest BCUT2D eigenvalue weighted by molar-refractivity contribution is 6.31. The first kappa shape index (κ1) is 18.8. The molecule has 1 fully saturated rings. The first-order chi connectivity index (χ1) is 14.4. The number of anilines is 1. The van der Waals surface area contributed by atoms with Gasteiger partial charge in [-0.2, -0.15) is 0 Å². The number of fused-ring (bicyclic) bond motifs is 2. The Bertz CT molecular complexity index is 1250. The van der Waals surface area contributed by atoms with E-state index >= 15 is 0 Å². The van der Waals surface area contributed by atoms with E-state index in [2.05, 4.69) is 10.1 Å². The van der Waals surface area contributed by atoms with Gasteiger partial charge in [-0.3, -0.25) is 19.5 Å². The Morgan fingerprint density at radius 2 is 2.10 bits per heavy atom. The summed E-state index contributed by atoms with van der Waals surface area (Å²) in [6.07, 6.45) is 2.12. The van der Waals surface area contributed by atoms with Crippen LogP contribution in [0.5, 0.6) is 0 Å². The lowest BCUT2D eigenvalue weighted by Gasteiger charge is -2.29. The Morgan fingerprint density at radius 3 is 2.90 bits per heavy atom. The summed E-state index contributed by atoms with van der Waals surface area (Å²) in [5.41, 5.74) is 2.01. The zero-order valence-electron chi connectivity index (χ0n) is 15.8. The second kappa shape index (κ2) is 6.94. The maximum Gasteiger partial charge on any atom is 0.276 e. The second-order valence-corrected chi connectivity index (χ2v) is 7.92. The first-order valence-corrected chi connectivity index (χ1v) is 9.92. The molecular weight excluding hydrogens is 413 g/mol. The molecule has 3 aromatic rings. The highest BCUT2D eigenvalue weighted by Gasteiger charge is 2.38. The van der Waals surface area contributed by atoms with Crippen LogP contribution in [-0.2, 0) is 22.6 Å². The van der Waals surface area contributed by atoms with Crippen molar-refractivity contribution in [1.29, 1.82) is 0 Å². The first-order valence-electron chi connectivity index (χ1n) is 9.54. The average molecular weight is 430 g/mol. The van der Waals surface area contributed by atoms with E-state index in [9.17, 15) is 18.8 Å². The fraction of sp³-hybridized carbons (Fsp3) is 0.300. The average Bonchev–Trinajstić information content (AvgIpc) is 3.36. The van der Waals surface area contributed by atoms with Crippen molar-refractivity contribution in [2.45, 2.75) is 19.4 Å². The number of H-pyrrole nitrogens is 1. The van der Waals surface area contributed by atoms with Crippen molar-refractivity contribution in [1.82, 2.24) is 19.5 Å². The number of carbonyl (C=O) groups excluding carboxylic acids is 2. The molecule has 2 aromatic heterocycles. The number of halogens is 2. The second-order valence-electron chi connectivity index (χ2n) is 7.51. The Labute approximate surface area is 174 Å². The van der Waals surface area contributed by atoms with Crippen LogP contribution < -0.4 is 10.5 Å². The van der Waals surface area contributed by atoms with Crippen molar-refractivity contribution in [2.24, 2.45) is 5.92 Å². The van der Waals surface area contributed by atoms with E-state index in [0.29, 0.717) is 35.6 Å². The standard InChI is InChI=1S/C20H17ClFN5O3/c21-14-8-12(1-2-15(14)22)26-9-11(7-18(26)28)19(29)25-6-4-13-16(10-25)24-17-3-5-23-27(17)20(13)30/h1-3,5,8,11,23H,4,6-7,9-10H2. The molecule has 1 atom stereocenters. The number of aromatic amines is 1. The van der Waals surface area contributed by atoms with Crippen molar-refractivity contribution in [3.63, 3.8) is 0 Å². The monoisotopic (exact) mass is 429 g/mol. The van der Waals surface area contributed by atoms with Crippen LogP contribution in [0.15, 0.2) is 35.3 Å². The summed E-state index contributed by atoms with van der Waals surface area (Å²) >= 11 is 5.83. The number of nitrogens with zero attached hydrogens (tertiary/aromatic N) is 4. The molecule has 0 aliphatic carbocycles. The normalized spacial score (nSPS) is 18.9. The maximum absolute atomic E-state index is 13.4. The fourth-order valence-corrected chi connectivity index (χ4v) is 4.33. The van der Waals surface area contributed by atoms with Crippen LogP contribution in [-0.4, -0.2) is 44.4 Å². The minimum absolute atomic E-state index is 0.0730. The quantitative estimate of drug-likeness (QED) is 0.672. The van der Waals surface area contributed by atoms with Gasteiger partial charge in [-0.15, -0.1) is 0 Å². The van der Waals surface area contributed by atoms with Crippen molar-refractivity contribution < 1.29 is 14.0 Å². The highest BCUT2D eigenvalue weighted by Crippen LogP contribution is 2.30. The minimum atomic E-state index is -0.563. The maximum atomic E-state index is 13.4. The predicted molar refractivity (Wildman–Crippen MR) is 107 cm³/mol. The fourth-order valence-electron chi connectivity index (χ4n) is 4.15. The molecule has 2 aliphatic heterocycles. The lowest BCUT2D eigenvalue weighted by molar-refractivity contribution is -0.136. The molecule has 2 amide bonds. The lowest BCUT2D eigenvalue weighted by atomic mass is 10.0. The summed E-state index contributed by atoms with van der Waals surface area (Å²) in [6.45, 7) is 0.830. The molecule has 30 heavy (non-hydrogen) atoms. The summed E-state index contributed by atoms with van der Waals surface area (Å²) in [5.74, 6) is -1.44. The molecule has 0 bridgehead atoms. The van der Waals surface area contributed by atoms with Crippen LogP contribution in [0, 0.1) is 11.7 Å². The van der Waals surface area contributed by atoms with Gasteiger partial charge in [0.2, 0.25) is 11.8 Å². The van der Waals surface area contributed by atoms with E-state index in [1.54, 1.807) is 17.2 Å². The van der Waals surface area contributed by atoms with Crippen LogP contribution in [0.3, 0.4) is 0 Å². The molecule has 154 valence electrons. The highest BCUT2D eigenvalue weighted by atomic mass is 35.5. The Balaban J connectivity index is 1.35. The molecule has 4 heterocycles.